The number of thioether (sulfide) groups is 1. The van der Waals surface area contributed by atoms with Crippen LogP contribution in [0.4, 0.5) is 19.0 Å². The number of fused-ring (bicyclic) bond motifs is 1. The number of nitrogens with zero attached hydrogens (tertiary/aromatic N) is 2. The van der Waals surface area contributed by atoms with Gasteiger partial charge in [0.1, 0.15) is 34.9 Å². The average Bonchev–Trinajstić information content (AvgIpc) is 3.12. The summed E-state index contributed by atoms with van der Waals surface area (Å²) in [6.07, 6.45) is 0.0530. The monoisotopic (exact) mass is 564 g/mol. The Kier molecular flexibility index (Phi) is 8.38. The van der Waals surface area contributed by atoms with Crippen LogP contribution in [-0.2, 0) is 6.42 Å². The Balaban J connectivity index is 0.00000380. The van der Waals surface area contributed by atoms with E-state index in [1.807, 2.05) is 6.07 Å². The fourth-order valence-corrected chi connectivity index (χ4v) is 4.98. The molecule has 0 radical (unpaired) electrons. The van der Waals surface area contributed by atoms with E-state index in [-0.39, 0.29) is 24.4 Å². The van der Waals surface area contributed by atoms with Crippen LogP contribution in [0.3, 0.4) is 0 Å². The maximum Gasteiger partial charge on any atom is 0.228 e. The smallest absolute Gasteiger partial charge is 0.228 e. The highest BCUT2D eigenvalue weighted by Gasteiger charge is 2.37. The van der Waals surface area contributed by atoms with Crippen molar-refractivity contribution in [1.82, 2.24) is 4.98 Å². The van der Waals surface area contributed by atoms with Crippen molar-refractivity contribution in [3.05, 3.63) is 76.7 Å². The van der Waals surface area contributed by atoms with Crippen molar-refractivity contribution >= 4 is 41.6 Å². The average molecular weight is 565 g/mol. The number of anilines is 1. The van der Waals surface area contributed by atoms with E-state index in [2.05, 4.69) is 22.1 Å². The minimum Gasteiger partial charge on any atom is -0.378 e. The lowest BCUT2D eigenvalue weighted by atomic mass is 9.95. The van der Waals surface area contributed by atoms with E-state index < -0.39 is 33.4 Å². The van der Waals surface area contributed by atoms with Crippen LogP contribution in [0.25, 0.3) is 11.1 Å². The van der Waals surface area contributed by atoms with Gasteiger partial charge in [0.05, 0.1) is 22.2 Å². The van der Waals surface area contributed by atoms with Gasteiger partial charge in [0.25, 0.3) is 0 Å². The van der Waals surface area contributed by atoms with Crippen molar-refractivity contribution in [2.75, 3.05) is 5.32 Å². The Morgan fingerprint density at radius 1 is 1.19 bits per heavy atom. The molecule has 0 bridgehead atoms. The van der Waals surface area contributed by atoms with Gasteiger partial charge in [-0.15, -0.1) is 12.4 Å². The second-order valence-electron chi connectivity index (χ2n) is 8.79. The van der Waals surface area contributed by atoms with Crippen LogP contribution >= 0.6 is 35.8 Å². The highest BCUT2D eigenvalue weighted by Crippen LogP contribution is 2.49. The van der Waals surface area contributed by atoms with Crippen molar-refractivity contribution in [3.8, 4) is 29.0 Å². The summed E-state index contributed by atoms with van der Waals surface area (Å²) in [4.78, 5) is 5.26. The van der Waals surface area contributed by atoms with Gasteiger partial charge in [-0.2, -0.15) is 5.26 Å². The molecule has 0 saturated heterocycles. The van der Waals surface area contributed by atoms with Crippen molar-refractivity contribution in [3.63, 3.8) is 0 Å². The molecule has 2 heterocycles. The fraction of sp³-hybridized carbons (Fsp3) is 0.231. The van der Waals surface area contributed by atoms with Crippen LogP contribution in [0.1, 0.15) is 36.7 Å². The third kappa shape index (κ3) is 6.70. The number of halogens is 5. The largest absolute Gasteiger partial charge is 0.378 e. The molecule has 5 nitrogen and oxygen atoms in total. The first-order valence-corrected chi connectivity index (χ1v) is 11.9. The lowest BCUT2D eigenvalue weighted by Gasteiger charge is -2.18. The number of pyridine rings is 1. The molecule has 0 spiro atoms. The lowest BCUT2D eigenvalue weighted by Crippen LogP contribution is -2.24. The van der Waals surface area contributed by atoms with E-state index in [0.29, 0.717) is 33.1 Å². The number of nitrogens with two attached hydrogens (primary N) is 1. The number of aliphatic hydroxyl groups is 1. The first kappa shape index (κ1) is 28.6. The number of hydrogen-bond acceptors (Lipinski definition) is 6. The van der Waals surface area contributed by atoms with E-state index >= 15 is 0 Å². The number of nitrogens with one attached hydrogen (secondary N) is 1. The van der Waals surface area contributed by atoms with Crippen molar-refractivity contribution in [2.24, 2.45) is 5.73 Å². The van der Waals surface area contributed by atoms with Gasteiger partial charge < -0.3 is 16.2 Å². The van der Waals surface area contributed by atoms with Gasteiger partial charge in [-0.3, -0.25) is 0 Å². The molecule has 4 rings (SSSR count). The summed E-state index contributed by atoms with van der Waals surface area (Å²) in [6.45, 7) is 3.05. The Hall–Kier alpha value is -2.92. The van der Waals surface area contributed by atoms with Crippen LogP contribution in [0.2, 0.25) is 0 Å². The van der Waals surface area contributed by atoms with Crippen LogP contribution in [0.15, 0.2) is 47.4 Å². The van der Waals surface area contributed by atoms with Crippen LogP contribution in [-0.4, -0.2) is 20.0 Å². The highest BCUT2D eigenvalue weighted by atomic mass is 35.5. The Morgan fingerprint density at radius 2 is 1.86 bits per heavy atom. The SMILES string of the molecule is CC(C)(O)C#CC1(Cl)Nc2nc(C(N)Cc3cc(F)cc(F)c3)c(-c3ccc(F)c(C#N)c3)cc2S1.Cl. The number of aromatic nitrogens is 1. The zero-order valence-electron chi connectivity index (χ0n) is 19.6. The molecule has 11 heteroatoms. The molecule has 0 saturated carbocycles. The molecule has 2 atom stereocenters. The molecule has 4 N–H and O–H groups in total. The molecule has 0 amide bonds. The predicted molar refractivity (Wildman–Crippen MR) is 141 cm³/mol. The molecule has 192 valence electrons. The first-order valence-electron chi connectivity index (χ1n) is 10.7. The van der Waals surface area contributed by atoms with Crippen LogP contribution < -0.4 is 11.1 Å². The van der Waals surface area contributed by atoms with E-state index in [0.717, 1.165) is 17.8 Å². The summed E-state index contributed by atoms with van der Waals surface area (Å²) in [5.74, 6) is 3.72. The van der Waals surface area contributed by atoms with Gasteiger partial charge in [-0.1, -0.05) is 35.3 Å². The number of alkyl halides is 1. The fourth-order valence-electron chi connectivity index (χ4n) is 3.67. The van der Waals surface area contributed by atoms with Gasteiger partial charge >= 0.3 is 0 Å². The Bertz CT molecular complexity index is 1440. The normalized spacial score (nSPS) is 16.9. The maximum atomic E-state index is 14.0. The highest BCUT2D eigenvalue weighted by molar-refractivity contribution is 8.02. The first-order chi connectivity index (χ1) is 16.9. The Labute approximate surface area is 227 Å². The van der Waals surface area contributed by atoms with E-state index in [1.54, 1.807) is 6.07 Å². The van der Waals surface area contributed by atoms with Gasteiger partial charge in [0.2, 0.25) is 4.33 Å². The van der Waals surface area contributed by atoms with Crippen molar-refractivity contribution in [2.45, 2.75) is 41.1 Å². The zero-order valence-corrected chi connectivity index (χ0v) is 22.0. The molecular weight excluding hydrogens is 544 g/mol. The van der Waals surface area contributed by atoms with Gasteiger partial charge in [-0.25, -0.2) is 18.2 Å². The predicted octanol–water partition coefficient (Wildman–Crippen LogP) is 5.89. The molecule has 0 aliphatic carbocycles. The molecule has 2 unspecified atom stereocenters. The van der Waals surface area contributed by atoms with Crippen LogP contribution in [0, 0.1) is 40.6 Å². The number of nitriles is 1. The van der Waals surface area contributed by atoms with Gasteiger partial charge in [0, 0.05) is 11.6 Å². The summed E-state index contributed by atoms with van der Waals surface area (Å²) in [5.41, 5.74) is 6.69. The molecular formula is C26H21Cl2F3N4OS. The number of rotatable bonds is 4. The molecule has 1 aliphatic heterocycles. The molecule has 3 aromatic rings. The summed E-state index contributed by atoms with van der Waals surface area (Å²) < 4.78 is 40.2. The third-order valence-corrected chi connectivity index (χ3v) is 6.64. The Morgan fingerprint density at radius 3 is 2.49 bits per heavy atom. The molecule has 1 aromatic heterocycles. The van der Waals surface area contributed by atoms with Gasteiger partial charge in [-0.05, 0) is 67.6 Å². The van der Waals surface area contributed by atoms with Gasteiger partial charge in [0.15, 0.2) is 0 Å². The third-order valence-electron chi connectivity index (χ3n) is 5.20. The molecule has 2 aromatic carbocycles. The summed E-state index contributed by atoms with van der Waals surface area (Å²) in [5, 5.41) is 22.3. The zero-order chi connectivity index (χ0) is 26.3. The summed E-state index contributed by atoms with van der Waals surface area (Å²) >= 11 is 7.78. The second-order valence-corrected chi connectivity index (χ2v) is 10.8. The second kappa shape index (κ2) is 10.8. The maximum absolute atomic E-state index is 14.0. The summed E-state index contributed by atoms with van der Waals surface area (Å²) in [7, 11) is 0. The molecule has 1 aliphatic rings. The van der Waals surface area contributed by atoms with E-state index in [1.165, 1.54) is 44.2 Å². The quantitative estimate of drug-likeness (QED) is 0.208. The lowest BCUT2D eigenvalue weighted by molar-refractivity contribution is 0.143. The van der Waals surface area contributed by atoms with Crippen molar-refractivity contribution in [1.29, 1.82) is 5.26 Å². The minimum absolute atomic E-state index is 0. The van der Waals surface area contributed by atoms with Crippen molar-refractivity contribution < 1.29 is 18.3 Å². The van der Waals surface area contributed by atoms with E-state index in [4.69, 9.17) is 17.3 Å². The summed E-state index contributed by atoms with van der Waals surface area (Å²) in [6, 6.07) is 9.92. The molecule has 37 heavy (non-hydrogen) atoms. The minimum atomic E-state index is -1.32. The number of benzene rings is 2. The molecule has 0 fully saturated rings. The van der Waals surface area contributed by atoms with Crippen LogP contribution in [0.5, 0.6) is 0 Å². The van der Waals surface area contributed by atoms with E-state index in [9.17, 15) is 23.5 Å². The standard InChI is InChI=1S/C26H20ClF3N4OS.ClH/c1-25(2,35)5-6-26(27)34-24-22(36-26)12-19(15-3-4-20(30)16(10-15)13-31)23(33-24)21(32)9-14-7-17(28)11-18(29)8-14;/h3-4,7-8,10-12,21,35H,9,32H2,1-2H3,(H,33,34);1H. The number of hydrogen-bond donors (Lipinski definition) is 3. The topological polar surface area (TPSA) is 95.0 Å².